The van der Waals surface area contributed by atoms with Gasteiger partial charge in [-0.1, -0.05) is 12.1 Å². The van der Waals surface area contributed by atoms with E-state index >= 15 is 0 Å². The third-order valence-electron chi connectivity index (χ3n) is 3.28. The van der Waals surface area contributed by atoms with Crippen molar-refractivity contribution in [2.45, 2.75) is 0 Å². The first kappa shape index (κ1) is 13.1. The van der Waals surface area contributed by atoms with E-state index in [2.05, 4.69) is 0 Å². The molecule has 0 bridgehead atoms. The largest absolute Gasteiger partial charge is 0.508 e. The second-order valence-corrected chi connectivity index (χ2v) is 4.52. The van der Waals surface area contributed by atoms with Gasteiger partial charge in [-0.2, -0.15) is 0 Å². The van der Waals surface area contributed by atoms with Crippen LogP contribution in [-0.2, 0) is 0 Å². The summed E-state index contributed by atoms with van der Waals surface area (Å²) in [6, 6.07) is 9.28. The van der Waals surface area contributed by atoms with Gasteiger partial charge in [0.05, 0.1) is 18.1 Å². The zero-order valence-corrected chi connectivity index (χ0v) is 11.2. The van der Waals surface area contributed by atoms with Crippen molar-refractivity contribution in [3.05, 3.63) is 52.9 Å². The molecule has 0 unspecified atom stereocenters. The molecule has 106 valence electrons. The smallest absolute Gasteiger partial charge is 0.202 e. The van der Waals surface area contributed by atoms with Crippen molar-refractivity contribution in [1.82, 2.24) is 0 Å². The molecule has 0 saturated heterocycles. The molecule has 1 aromatic heterocycles. The summed E-state index contributed by atoms with van der Waals surface area (Å²) in [4.78, 5) is 12.5. The van der Waals surface area contributed by atoms with Crippen molar-refractivity contribution in [2.24, 2.45) is 0 Å². The molecule has 0 radical (unpaired) electrons. The van der Waals surface area contributed by atoms with Crippen LogP contribution in [0.1, 0.15) is 0 Å². The molecule has 21 heavy (non-hydrogen) atoms. The Balaban J connectivity index is 2.26. The van der Waals surface area contributed by atoms with E-state index in [1.807, 2.05) is 0 Å². The van der Waals surface area contributed by atoms with E-state index in [0.717, 1.165) is 0 Å². The Bertz CT molecular complexity index is 862. The van der Waals surface area contributed by atoms with Crippen molar-refractivity contribution in [1.29, 1.82) is 0 Å². The first-order valence-corrected chi connectivity index (χ1v) is 6.22. The Kier molecular flexibility index (Phi) is 3.02. The predicted octanol–water partition coefficient (Wildman–Crippen LogP) is 2.88. The van der Waals surface area contributed by atoms with Gasteiger partial charge in [0, 0.05) is 0 Å². The number of rotatable bonds is 2. The molecule has 3 rings (SSSR count). The summed E-state index contributed by atoms with van der Waals surface area (Å²) in [5.74, 6) is 0.152. The third kappa shape index (κ3) is 2.08. The zero-order chi connectivity index (χ0) is 15.0. The number of methoxy groups -OCH3 is 1. The standard InChI is InChI=1S/C16H12O5/c1-20-13-7-6-11-14(18)12(8-21-16(11)15(13)19)9-2-4-10(17)5-3-9/h2-8,17,19H,1H3. The molecule has 0 aliphatic carbocycles. The Morgan fingerprint density at radius 3 is 2.43 bits per heavy atom. The zero-order valence-electron chi connectivity index (χ0n) is 11.2. The van der Waals surface area contributed by atoms with Gasteiger partial charge in [0.15, 0.2) is 11.3 Å². The minimum atomic E-state index is -0.264. The van der Waals surface area contributed by atoms with Crippen LogP contribution in [0.5, 0.6) is 17.2 Å². The Morgan fingerprint density at radius 2 is 1.76 bits per heavy atom. The van der Waals surface area contributed by atoms with Gasteiger partial charge >= 0.3 is 0 Å². The van der Waals surface area contributed by atoms with Crippen LogP contribution < -0.4 is 10.2 Å². The Labute approximate surface area is 119 Å². The van der Waals surface area contributed by atoms with Gasteiger partial charge in [0.2, 0.25) is 11.2 Å². The number of phenols is 2. The monoisotopic (exact) mass is 284 g/mol. The van der Waals surface area contributed by atoms with Crippen LogP contribution in [0.2, 0.25) is 0 Å². The summed E-state index contributed by atoms with van der Waals surface area (Å²) in [6.45, 7) is 0. The summed E-state index contributed by atoms with van der Waals surface area (Å²) >= 11 is 0. The molecule has 2 N–H and O–H groups in total. The molecule has 0 fully saturated rings. The second kappa shape index (κ2) is 4.86. The molecule has 5 heteroatoms. The van der Waals surface area contributed by atoms with Gasteiger partial charge in [-0.15, -0.1) is 0 Å². The molecule has 0 amide bonds. The van der Waals surface area contributed by atoms with E-state index < -0.39 is 0 Å². The highest BCUT2D eigenvalue weighted by Crippen LogP contribution is 2.34. The topological polar surface area (TPSA) is 79.9 Å². The number of ether oxygens (including phenoxy) is 1. The SMILES string of the molecule is COc1ccc2c(=O)c(-c3ccc(O)cc3)coc2c1O. The predicted molar refractivity (Wildman–Crippen MR) is 77.8 cm³/mol. The number of fused-ring (bicyclic) bond motifs is 1. The molecule has 0 atom stereocenters. The quantitative estimate of drug-likeness (QED) is 0.756. The van der Waals surface area contributed by atoms with Crippen molar-refractivity contribution in [3.63, 3.8) is 0 Å². The molecule has 0 spiro atoms. The van der Waals surface area contributed by atoms with Crippen LogP contribution in [-0.4, -0.2) is 17.3 Å². The summed E-state index contributed by atoms with van der Waals surface area (Å²) in [7, 11) is 1.42. The van der Waals surface area contributed by atoms with E-state index in [4.69, 9.17) is 9.15 Å². The van der Waals surface area contributed by atoms with Gasteiger partial charge in [-0.3, -0.25) is 4.79 Å². The first-order chi connectivity index (χ1) is 10.1. The maximum absolute atomic E-state index is 12.5. The van der Waals surface area contributed by atoms with E-state index in [0.29, 0.717) is 11.1 Å². The molecule has 5 nitrogen and oxygen atoms in total. The van der Waals surface area contributed by atoms with Crippen molar-refractivity contribution < 1.29 is 19.4 Å². The molecule has 0 aliphatic rings. The lowest BCUT2D eigenvalue weighted by Gasteiger charge is -2.07. The van der Waals surface area contributed by atoms with E-state index in [1.54, 1.807) is 18.2 Å². The molecule has 1 heterocycles. The number of hydrogen-bond donors (Lipinski definition) is 2. The molecule has 0 saturated carbocycles. The van der Waals surface area contributed by atoms with Gasteiger partial charge in [-0.25, -0.2) is 0 Å². The number of hydrogen-bond acceptors (Lipinski definition) is 5. The summed E-state index contributed by atoms with van der Waals surface area (Å²) < 4.78 is 10.4. The van der Waals surface area contributed by atoms with Crippen molar-refractivity contribution in [3.8, 4) is 28.4 Å². The fourth-order valence-electron chi connectivity index (χ4n) is 2.17. The van der Waals surface area contributed by atoms with Gasteiger partial charge < -0.3 is 19.4 Å². The van der Waals surface area contributed by atoms with Crippen LogP contribution >= 0.6 is 0 Å². The molecular formula is C16H12O5. The highest BCUT2D eigenvalue weighted by molar-refractivity contribution is 5.87. The average molecular weight is 284 g/mol. The van der Waals surface area contributed by atoms with Gasteiger partial charge in [-0.05, 0) is 29.8 Å². The fraction of sp³-hybridized carbons (Fsp3) is 0.0625. The number of benzene rings is 2. The number of phenolic OH excluding ortho intramolecular Hbond substituents is 2. The Hall–Kier alpha value is -2.95. The maximum Gasteiger partial charge on any atom is 0.202 e. The number of aromatic hydroxyl groups is 2. The van der Waals surface area contributed by atoms with E-state index in [-0.39, 0.29) is 33.6 Å². The lowest BCUT2D eigenvalue weighted by atomic mass is 10.1. The fourth-order valence-corrected chi connectivity index (χ4v) is 2.17. The molecule has 3 aromatic rings. The average Bonchev–Trinajstić information content (AvgIpc) is 2.50. The molecular weight excluding hydrogens is 272 g/mol. The molecule has 2 aromatic carbocycles. The van der Waals surface area contributed by atoms with E-state index in [9.17, 15) is 15.0 Å². The maximum atomic E-state index is 12.5. The minimum absolute atomic E-state index is 0.0851. The van der Waals surface area contributed by atoms with Crippen LogP contribution in [0.4, 0.5) is 0 Å². The van der Waals surface area contributed by atoms with Crippen LogP contribution in [0, 0.1) is 0 Å². The van der Waals surface area contributed by atoms with Gasteiger partial charge in [0.1, 0.15) is 12.0 Å². The lowest BCUT2D eigenvalue weighted by molar-refractivity contribution is 0.371. The highest BCUT2D eigenvalue weighted by atomic mass is 16.5. The second-order valence-electron chi connectivity index (χ2n) is 4.52. The minimum Gasteiger partial charge on any atom is -0.508 e. The normalized spacial score (nSPS) is 10.7. The van der Waals surface area contributed by atoms with Crippen molar-refractivity contribution >= 4 is 11.0 Å². The molecule has 0 aliphatic heterocycles. The summed E-state index contributed by atoms with van der Waals surface area (Å²) in [5, 5.41) is 19.5. The lowest BCUT2D eigenvalue weighted by Crippen LogP contribution is -2.04. The summed E-state index contributed by atoms with van der Waals surface area (Å²) in [5.41, 5.74) is 0.799. The van der Waals surface area contributed by atoms with Crippen LogP contribution in [0.3, 0.4) is 0 Å². The third-order valence-corrected chi connectivity index (χ3v) is 3.28. The first-order valence-electron chi connectivity index (χ1n) is 6.22. The highest BCUT2D eigenvalue weighted by Gasteiger charge is 2.14. The Morgan fingerprint density at radius 1 is 1.05 bits per heavy atom. The van der Waals surface area contributed by atoms with Crippen molar-refractivity contribution in [2.75, 3.05) is 7.11 Å². The van der Waals surface area contributed by atoms with Crippen LogP contribution in [0.25, 0.3) is 22.1 Å². The summed E-state index contributed by atoms with van der Waals surface area (Å²) in [6.07, 6.45) is 1.29. The van der Waals surface area contributed by atoms with Crippen LogP contribution in [0.15, 0.2) is 51.9 Å². The van der Waals surface area contributed by atoms with E-state index in [1.165, 1.54) is 31.6 Å². The van der Waals surface area contributed by atoms with Gasteiger partial charge in [0.25, 0.3) is 0 Å².